The third-order valence-corrected chi connectivity index (χ3v) is 2.60. The van der Waals surface area contributed by atoms with E-state index in [-0.39, 0.29) is 13.2 Å². The molecule has 0 bridgehead atoms. The highest BCUT2D eigenvalue weighted by atomic mass is 16.5. The number of hydrogen-bond donors (Lipinski definition) is 1. The smallest absolute Gasteiger partial charge is 0.212 e. The van der Waals surface area contributed by atoms with E-state index in [0.29, 0.717) is 28.6 Å². The van der Waals surface area contributed by atoms with E-state index in [4.69, 9.17) is 14.2 Å². The number of benzene rings is 1. The van der Waals surface area contributed by atoms with Crippen LogP contribution in [0.1, 0.15) is 11.4 Å². The minimum absolute atomic E-state index is 0.112. The lowest BCUT2D eigenvalue weighted by atomic mass is 10.2. The third kappa shape index (κ3) is 2.97. The van der Waals surface area contributed by atoms with Crippen molar-refractivity contribution >= 4 is 0 Å². The predicted molar refractivity (Wildman–Crippen MR) is 68.6 cm³/mol. The van der Waals surface area contributed by atoms with Crippen LogP contribution in [0.2, 0.25) is 0 Å². The monoisotopic (exact) mass is 280 g/mol. The highest BCUT2D eigenvalue weighted by molar-refractivity contribution is 5.53. The molecule has 0 amide bonds. The van der Waals surface area contributed by atoms with Crippen LogP contribution >= 0.6 is 0 Å². The number of aromatic nitrogens is 4. The van der Waals surface area contributed by atoms with Gasteiger partial charge < -0.3 is 19.3 Å². The second kappa shape index (κ2) is 6.20. The summed E-state index contributed by atoms with van der Waals surface area (Å²) in [5.41, 5.74) is 0.670. The number of aliphatic hydroxyl groups is 1. The Balaban J connectivity index is 2.24. The Labute approximate surface area is 115 Å². The van der Waals surface area contributed by atoms with E-state index in [9.17, 15) is 5.11 Å². The molecule has 2 aromatic rings. The minimum atomic E-state index is -0.112. The number of tetrazole rings is 1. The Kier molecular flexibility index (Phi) is 4.36. The Hall–Kier alpha value is -2.35. The van der Waals surface area contributed by atoms with E-state index in [0.717, 1.165) is 0 Å². The van der Waals surface area contributed by atoms with Gasteiger partial charge in [-0.1, -0.05) is 0 Å². The molecule has 0 aliphatic carbocycles. The lowest BCUT2D eigenvalue weighted by Gasteiger charge is -2.14. The summed E-state index contributed by atoms with van der Waals surface area (Å²) in [4.78, 5) is 1.35. The fraction of sp³-hybridized carbons (Fsp3) is 0.417. The minimum Gasteiger partial charge on any atom is -0.493 e. The molecule has 0 radical (unpaired) electrons. The molecular weight excluding hydrogens is 264 g/mol. The number of ether oxygens (including phenoxy) is 3. The van der Waals surface area contributed by atoms with Gasteiger partial charge in [0.05, 0.1) is 27.9 Å². The lowest BCUT2D eigenvalue weighted by Crippen LogP contribution is -2.03. The molecule has 0 saturated heterocycles. The first kappa shape index (κ1) is 14.1. The van der Waals surface area contributed by atoms with Crippen molar-refractivity contribution in [3.8, 4) is 17.2 Å². The van der Waals surface area contributed by atoms with Gasteiger partial charge in [-0.05, 0) is 22.9 Å². The summed E-state index contributed by atoms with van der Waals surface area (Å²) in [5, 5.41) is 20.8. The van der Waals surface area contributed by atoms with Gasteiger partial charge in [0.1, 0.15) is 0 Å². The predicted octanol–water partition coefficient (Wildman–Crippen LogP) is 0.299. The van der Waals surface area contributed by atoms with E-state index in [2.05, 4.69) is 15.4 Å². The van der Waals surface area contributed by atoms with Crippen LogP contribution in [-0.2, 0) is 20.3 Å². The average molecular weight is 280 g/mol. The quantitative estimate of drug-likeness (QED) is 0.813. The molecule has 2 rings (SSSR count). The number of methoxy groups -OCH3 is 2. The maximum atomic E-state index is 9.20. The van der Waals surface area contributed by atoms with E-state index in [1.807, 2.05) is 0 Å². The van der Waals surface area contributed by atoms with Gasteiger partial charge in [0.25, 0.3) is 0 Å². The van der Waals surface area contributed by atoms with Gasteiger partial charge in [0, 0.05) is 0 Å². The molecule has 1 heterocycles. The van der Waals surface area contributed by atoms with Gasteiger partial charge >= 0.3 is 0 Å². The van der Waals surface area contributed by atoms with Gasteiger partial charge in [-0.25, -0.2) is 0 Å². The van der Waals surface area contributed by atoms with Crippen molar-refractivity contribution in [3.63, 3.8) is 0 Å². The molecular formula is C12H16N4O4. The fourth-order valence-corrected chi connectivity index (χ4v) is 1.69. The van der Waals surface area contributed by atoms with Gasteiger partial charge in [0.15, 0.2) is 18.1 Å². The second-order valence-corrected chi connectivity index (χ2v) is 3.97. The van der Waals surface area contributed by atoms with Crippen molar-refractivity contribution in [2.45, 2.75) is 13.2 Å². The Bertz CT molecular complexity index is 560. The van der Waals surface area contributed by atoms with Crippen molar-refractivity contribution < 1.29 is 19.3 Å². The van der Waals surface area contributed by atoms with Crippen LogP contribution in [0.25, 0.3) is 0 Å². The molecule has 0 unspecified atom stereocenters. The molecule has 0 atom stereocenters. The standard InChI is InChI=1S/C12H16N4O4/c1-16-14-11(13-15-16)7-20-12-9(18-2)4-8(6-17)5-10(12)19-3/h4-5,17H,6-7H2,1-3H3. The van der Waals surface area contributed by atoms with Crippen LogP contribution in [0, 0.1) is 0 Å². The zero-order valence-corrected chi connectivity index (χ0v) is 11.5. The van der Waals surface area contributed by atoms with Crippen LogP contribution in [0.15, 0.2) is 12.1 Å². The van der Waals surface area contributed by atoms with Crippen molar-refractivity contribution in [1.82, 2.24) is 20.2 Å². The SMILES string of the molecule is COc1cc(CO)cc(OC)c1OCc1nnn(C)n1. The topological polar surface area (TPSA) is 91.5 Å². The van der Waals surface area contributed by atoms with Crippen molar-refractivity contribution in [3.05, 3.63) is 23.5 Å². The molecule has 0 aliphatic rings. The first-order valence-electron chi connectivity index (χ1n) is 5.89. The summed E-state index contributed by atoms with van der Waals surface area (Å²) in [5.74, 6) is 1.82. The maximum absolute atomic E-state index is 9.20. The first-order valence-corrected chi connectivity index (χ1v) is 5.89. The van der Waals surface area contributed by atoms with Gasteiger partial charge in [-0.2, -0.15) is 4.80 Å². The van der Waals surface area contributed by atoms with Crippen molar-refractivity contribution in [2.75, 3.05) is 14.2 Å². The van der Waals surface area contributed by atoms with Gasteiger partial charge in [0.2, 0.25) is 11.6 Å². The summed E-state index contributed by atoms with van der Waals surface area (Å²) in [7, 11) is 4.71. The van der Waals surface area contributed by atoms with E-state index >= 15 is 0 Å². The summed E-state index contributed by atoms with van der Waals surface area (Å²) in [6.45, 7) is 0.0255. The van der Waals surface area contributed by atoms with E-state index in [1.54, 1.807) is 19.2 Å². The zero-order valence-electron chi connectivity index (χ0n) is 11.5. The van der Waals surface area contributed by atoms with Crippen LogP contribution in [0.3, 0.4) is 0 Å². The molecule has 0 fully saturated rings. The van der Waals surface area contributed by atoms with E-state index < -0.39 is 0 Å². The molecule has 0 saturated carbocycles. The molecule has 1 N–H and O–H groups in total. The third-order valence-electron chi connectivity index (χ3n) is 2.60. The van der Waals surface area contributed by atoms with Gasteiger partial charge in [-0.15, -0.1) is 10.2 Å². The maximum Gasteiger partial charge on any atom is 0.212 e. The summed E-state index contributed by atoms with van der Waals surface area (Å²) >= 11 is 0. The molecule has 1 aromatic carbocycles. The number of aryl methyl sites for hydroxylation is 1. The highest BCUT2D eigenvalue weighted by Gasteiger charge is 2.15. The van der Waals surface area contributed by atoms with Crippen LogP contribution in [-0.4, -0.2) is 39.5 Å². The van der Waals surface area contributed by atoms with Crippen LogP contribution < -0.4 is 14.2 Å². The molecule has 8 nitrogen and oxygen atoms in total. The number of rotatable bonds is 6. The highest BCUT2D eigenvalue weighted by Crippen LogP contribution is 2.38. The molecule has 0 aliphatic heterocycles. The number of hydrogen-bond acceptors (Lipinski definition) is 7. The largest absolute Gasteiger partial charge is 0.493 e. The Morgan fingerprint density at radius 3 is 2.30 bits per heavy atom. The summed E-state index contributed by atoms with van der Waals surface area (Å²) in [6, 6.07) is 3.36. The molecule has 20 heavy (non-hydrogen) atoms. The van der Waals surface area contributed by atoms with Crippen molar-refractivity contribution in [1.29, 1.82) is 0 Å². The second-order valence-electron chi connectivity index (χ2n) is 3.97. The molecule has 108 valence electrons. The molecule has 0 spiro atoms. The van der Waals surface area contributed by atoms with Crippen LogP contribution in [0.5, 0.6) is 17.2 Å². The van der Waals surface area contributed by atoms with Gasteiger partial charge in [-0.3, -0.25) is 0 Å². The number of nitrogens with zero attached hydrogens (tertiary/aromatic N) is 4. The van der Waals surface area contributed by atoms with E-state index in [1.165, 1.54) is 19.0 Å². The lowest BCUT2D eigenvalue weighted by molar-refractivity contribution is 0.254. The van der Waals surface area contributed by atoms with Crippen LogP contribution in [0.4, 0.5) is 0 Å². The molecule has 8 heteroatoms. The fourth-order valence-electron chi connectivity index (χ4n) is 1.69. The Morgan fingerprint density at radius 1 is 1.20 bits per heavy atom. The zero-order chi connectivity index (χ0) is 14.5. The summed E-state index contributed by atoms with van der Waals surface area (Å²) < 4.78 is 16.1. The number of aliphatic hydroxyl groups excluding tert-OH is 1. The Morgan fingerprint density at radius 2 is 1.85 bits per heavy atom. The average Bonchev–Trinajstić information content (AvgIpc) is 2.89. The normalized spacial score (nSPS) is 10.4. The molecule has 1 aromatic heterocycles. The van der Waals surface area contributed by atoms with Crippen molar-refractivity contribution in [2.24, 2.45) is 7.05 Å². The summed E-state index contributed by atoms with van der Waals surface area (Å²) in [6.07, 6.45) is 0. The first-order chi connectivity index (χ1) is 9.67.